The Kier molecular flexibility index (Phi) is 2.53. The number of hydrogen-bond donors (Lipinski definition) is 2. The van der Waals surface area contributed by atoms with Gasteiger partial charge in [-0.25, -0.2) is 0 Å². The highest BCUT2D eigenvalue weighted by Crippen LogP contribution is 2.25. The molecule has 17 heavy (non-hydrogen) atoms. The first kappa shape index (κ1) is 10.3. The molecule has 3 nitrogen and oxygen atoms in total. The fraction of sp³-hybridized carbons (Fsp3) is 0.214. The zero-order valence-corrected chi connectivity index (χ0v) is 9.44. The molecule has 1 amide bonds. The fourth-order valence-electron chi connectivity index (χ4n) is 2.35. The Morgan fingerprint density at radius 1 is 1.00 bits per heavy atom. The van der Waals surface area contributed by atoms with Crippen LogP contribution in [0, 0.1) is 0 Å². The number of carbonyl (C=O) groups excluding carboxylic acids is 1. The third-order valence-electron chi connectivity index (χ3n) is 3.17. The molecule has 0 aromatic heterocycles. The molecular weight excluding hydrogens is 212 g/mol. The van der Waals surface area contributed by atoms with Gasteiger partial charge in [-0.1, -0.05) is 42.5 Å². The van der Waals surface area contributed by atoms with Crippen molar-refractivity contribution in [2.24, 2.45) is 0 Å². The third-order valence-corrected chi connectivity index (χ3v) is 3.17. The summed E-state index contributed by atoms with van der Waals surface area (Å²) in [6.07, 6.45) is 0. The maximum absolute atomic E-state index is 11.9. The van der Waals surface area contributed by atoms with Gasteiger partial charge < -0.3 is 10.6 Å². The average Bonchev–Trinajstić information content (AvgIpc) is 2.39. The second-order valence-corrected chi connectivity index (χ2v) is 4.25. The number of benzene rings is 2. The molecule has 86 valence electrons. The van der Waals surface area contributed by atoms with Crippen LogP contribution in [-0.4, -0.2) is 19.0 Å². The minimum absolute atomic E-state index is 0.0626. The number of hydrogen-bond acceptors (Lipinski definition) is 2. The molecule has 1 aliphatic rings. The lowest BCUT2D eigenvalue weighted by Crippen LogP contribution is -2.47. The molecule has 0 saturated carbocycles. The van der Waals surface area contributed by atoms with E-state index in [-0.39, 0.29) is 11.9 Å². The standard InChI is InChI=1S/C14H14N2O/c17-14-13(15-8-9-16-14)12-7-3-5-10-4-1-2-6-11(10)12/h1-7,13,15H,8-9H2,(H,16,17)/t13-/m0/s1. The van der Waals surface area contributed by atoms with Crippen LogP contribution >= 0.6 is 0 Å². The van der Waals surface area contributed by atoms with E-state index >= 15 is 0 Å². The Hall–Kier alpha value is -1.87. The Morgan fingerprint density at radius 3 is 2.71 bits per heavy atom. The molecule has 3 heteroatoms. The highest BCUT2D eigenvalue weighted by atomic mass is 16.2. The molecule has 1 atom stereocenters. The average molecular weight is 226 g/mol. The summed E-state index contributed by atoms with van der Waals surface area (Å²) in [5.74, 6) is 0.0626. The fourth-order valence-corrected chi connectivity index (χ4v) is 2.35. The van der Waals surface area contributed by atoms with Gasteiger partial charge in [-0.2, -0.15) is 0 Å². The quantitative estimate of drug-likeness (QED) is 0.775. The summed E-state index contributed by atoms with van der Waals surface area (Å²) < 4.78 is 0. The van der Waals surface area contributed by atoms with Gasteiger partial charge in [0, 0.05) is 13.1 Å². The Morgan fingerprint density at radius 2 is 1.82 bits per heavy atom. The second kappa shape index (κ2) is 4.18. The summed E-state index contributed by atoms with van der Waals surface area (Å²) in [7, 11) is 0. The molecule has 1 saturated heterocycles. The van der Waals surface area contributed by atoms with Gasteiger partial charge in [-0.3, -0.25) is 4.79 Å². The van der Waals surface area contributed by atoms with Crippen LogP contribution in [0.5, 0.6) is 0 Å². The number of nitrogens with one attached hydrogen (secondary N) is 2. The van der Waals surface area contributed by atoms with Crippen LogP contribution in [-0.2, 0) is 4.79 Å². The number of amides is 1. The number of rotatable bonds is 1. The van der Waals surface area contributed by atoms with Crippen molar-refractivity contribution in [2.45, 2.75) is 6.04 Å². The second-order valence-electron chi connectivity index (χ2n) is 4.25. The van der Waals surface area contributed by atoms with Crippen molar-refractivity contribution in [3.8, 4) is 0 Å². The lowest BCUT2D eigenvalue weighted by atomic mass is 9.97. The van der Waals surface area contributed by atoms with Crippen molar-refractivity contribution in [1.29, 1.82) is 0 Å². The van der Waals surface area contributed by atoms with E-state index in [2.05, 4.69) is 28.8 Å². The smallest absolute Gasteiger partial charge is 0.241 e. The highest BCUT2D eigenvalue weighted by molar-refractivity contribution is 5.93. The summed E-state index contributed by atoms with van der Waals surface area (Å²) in [5.41, 5.74) is 1.06. The lowest BCUT2D eigenvalue weighted by Gasteiger charge is -2.24. The predicted molar refractivity (Wildman–Crippen MR) is 67.7 cm³/mol. The van der Waals surface area contributed by atoms with Crippen LogP contribution in [0.2, 0.25) is 0 Å². The van der Waals surface area contributed by atoms with Crippen LogP contribution in [0.3, 0.4) is 0 Å². The summed E-state index contributed by atoms with van der Waals surface area (Å²) in [6, 6.07) is 14.0. The Labute approximate surface area is 99.8 Å². The molecule has 1 fully saturated rings. The zero-order chi connectivity index (χ0) is 11.7. The summed E-state index contributed by atoms with van der Waals surface area (Å²) >= 11 is 0. The topological polar surface area (TPSA) is 41.1 Å². The molecule has 3 rings (SSSR count). The van der Waals surface area contributed by atoms with E-state index in [0.717, 1.165) is 17.5 Å². The molecular formula is C14H14N2O. The van der Waals surface area contributed by atoms with Gasteiger partial charge in [-0.15, -0.1) is 0 Å². The summed E-state index contributed by atoms with van der Waals surface area (Å²) in [6.45, 7) is 1.53. The van der Waals surface area contributed by atoms with Crippen molar-refractivity contribution in [3.05, 3.63) is 48.0 Å². The summed E-state index contributed by atoms with van der Waals surface area (Å²) in [5, 5.41) is 8.47. The molecule has 0 unspecified atom stereocenters. The number of carbonyl (C=O) groups is 1. The van der Waals surface area contributed by atoms with E-state index in [1.54, 1.807) is 0 Å². The van der Waals surface area contributed by atoms with E-state index in [4.69, 9.17) is 0 Å². The van der Waals surface area contributed by atoms with E-state index in [1.807, 2.05) is 24.3 Å². The van der Waals surface area contributed by atoms with Gasteiger partial charge >= 0.3 is 0 Å². The van der Waals surface area contributed by atoms with E-state index in [9.17, 15) is 4.79 Å². The SMILES string of the molecule is O=C1NCCN[C@H]1c1cccc2ccccc12. The van der Waals surface area contributed by atoms with Crippen LogP contribution in [0.4, 0.5) is 0 Å². The molecule has 1 aliphatic heterocycles. The third kappa shape index (κ3) is 1.78. The number of fused-ring (bicyclic) bond motifs is 1. The first-order valence-electron chi connectivity index (χ1n) is 5.85. The maximum atomic E-state index is 11.9. The van der Waals surface area contributed by atoms with Gasteiger partial charge in [0.15, 0.2) is 0 Å². The molecule has 1 heterocycles. The van der Waals surface area contributed by atoms with Crippen LogP contribution in [0.1, 0.15) is 11.6 Å². The van der Waals surface area contributed by atoms with Crippen molar-refractivity contribution >= 4 is 16.7 Å². The lowest BCUT2D eigenvalue weighted by molar-refractivity contribution is -0.124. The van der Waals surface area contributed by atoms with Crippen molar-refractivity contribution in [2.75, 3.05) is 13.1 Å². The first-order valence-corrected chi connectivity index (χ1v) is 5.85. The summed E-state index contributed by atoms with van der Waals surface area (Å²) in [4.78, 5) is 11.9. The molecule has 2 aromatic rings. The molecule has 0 aliphatic carbocycles. The monoisotopic (exact) mass is 226 g/mol. The van der Waals surface area contributed by atoms with Crippen LogP contribution in [0.25, 0.3) is 10.8 Å². The Balaban J connectivity index is 2.13. The minimum Gasteiger partial charge on any atom is -0.353 e. The molecule has 0 spiro atoms. The molecule has 2 N–H and O–H groups in total. The molecule has 0 bridgehead atoms. The number of piperazine rings is 1. The normalized spacial score (nSPS) is 20.2. The van der Waals surface area contributed by atoms with Gasteiger partial charge in [0.1, 0.15) is 6.04 Å². The molecule has 0 radical (unpaired) electrons. The van der Waals surface area contributed by atoms with Gasteiger partial charge in [0.25, 0.3) is 0 Å². The zero-order valence-electron chi connectivity index (χ0n) is 9.44. The minimum atomic E-state index is -0.227. The largest absolute Gasteiger partial charge is 0.353 e. The van der Waals surface area contributed by atoms with Gasteiger partial charge in [0.05, 0.1) is 0 Å². The first-order chi connectivity index (χ1) is 8.36. The van der Waals surface area contributed by atoms with Crippen molar-refractivity contribution in [1.82, 2.24) is 10.6 Å². The van der Waals surface area contributed by atoms with Crippen LogP contribution < -0.4 is 10.6 Å². The highest BCUT2D eigenvalue weighted by Gasteiger charge is 2.24. The predicted octanol–water partition coefficient (Wildman–Crippen LogP) is 1.60. The van der Waals surface area contributed by atoms with E-state index < -0.39 is 0 Å². The van der Waals surface area contributed by atoms with E-state index in [1.165, 1.54) is 5.39 Å². The van der Waals surface area contributed by atoms with Crippen molar-refractivity contribution < 1.29 is 4.79 Å². The van der Waals surface area contributed by atoms with Gasteiger partial charge in [-0.05, 0) is 16.3 Å². The maximum Gasteiger partial charge on any atom is 0.241 e. The van der Waals surface area contributed by atoms with Crippen molar-refractivity contribution in [3.63, 3.8) is 0 Å². The Bertz CT molecular complexity index is 560. The van der Waals surface area contributed by atoms with Gasteiger partial charge in [0.2, 0.25) is 5.91 Å². The van der Waals surface area contributed by atoms with Crippen LogP contribution in [0.15, 0.2) is 42.5 Å². The van der Waals surface area contributed by atoms with E-state index in [0.29, 0.717) is 6.54 Å². The molecule has 2 aromatic carbocycles.